The first-order valence-electron chi connectivity index (χ1n) is 12.3. The molecule has 3 fully saturated rings. The summed E-state index contributed by atoms with van der Waals surface area (Å²) in [6, 6.07) is 6.85. The highest BCUT2D eigenvalue weighted by atomic mass is 16.7. The lowest BCUT2D eigenvalue weighted by Crippen LogP contribution is -2.62. The second kappa shape index (κ2) is 11.0. The van der Waals surface area contributed by atoms with Crippen LogP contribution in [0.1, 0.15) is 68.6 Å². The highest BCUT2D eigenvalue weighted by Crippen LogP contribution is 2.30. The molecule has 2 unspecified atom stereocenters. The molecule has 0 bridgehead atoms. The fraction of sp³-hybridized carbons (Fsp3) is 0.600. The van der Waals surface area contributed by atoms with Crippen LogP contribution in [-0.4, -0.2) is 65.7 Å². The molecule has 3 saturated heterocycles. The van der Waals surface area contributed by atoms with E-state index in [1.807, 2.05) is 6.07 Å². The Kier molecular flexibility index (Phi) is 7.82. The fourth-order valence-corrected chi connectivity index (χ4v) is 5.20. The van der Waals surface area contributed by atoms with Crippen molar-refractivity contribution in [2.24, 2.45) is 0 Å². The zero-order valence-corrected chi connectivity index (χ0v) is 19.5. The molecule has 2 N–H and O–H groups in total. The van der Waals surface area contributed by atoms with E-state index in [1.54, 1.807) is 36.1 Å². The number of piperidine rings is 1. The molecule has 5 atom stereocenters. The fourth-order valence-electron chi connectivity index (χ4n) is 5.20. The Hall–Kier alpha value is -2.94. The van der Waals surface area contributed by atoms with Crippen LogP contribution in [-0.2, 0) is 23.9 Å². The summed E-state index contributed by atoms with van der Waals surface area (Å²) in [5.74, 6) is -1.24. The molecule has 4 rings (SSSR count). The van der Waals surface area contributed by atoms with Gasteiger partial charge >= 0.3 is 5.97 Å². The largest absolute Gasteiger partial charge is 0.433 e. The molecule has 0 radical (unpaired) electrons. The van der Waals surface area contributed by atoms with Crippen molar-refractivity contribution in [3.8, 4) is 0 Å². The molecule has 0 spiro atoms. The minimum Gasteiger partial charge on any atom is -0.433 e. The highest BCUT2D eigenvalue weighted by Gasteiger charge is 2.44. The van der Waals surface area contributed by atoms with Crippen molar-refractivity contribution >= 4 is 23.7 Å². The van der Waals surface area contributed by atoms with Gasteiger partial charge in [0.1, 0.15) is 18.1 Å². The summed E-state index contributed by atoms with van der Waals surface area (Å²) in [6.07, 6.45) is 4.56. The Morgan fingerprint density at radius 1 is 1.03 bits per heavy atom. The van der Waals surface area contributed by atoms with E-state index in [0.717, 1.165) is 32.1 Å². The number of carbonyl (C=O) groups excluding carboxylic acids is 4. The number of fused-ring (bicyclic) bond motifs is 1. The van der Waals surface area contributed by atoms with Crippen molar-refractivity contribution in [1.29, 1.82) is 0 Å². The molecule has 1 aromatic carbocycles. The predicted molar refractivity (Wildman–Crippen MR) is 122 cm³/mol. The number of esters is 1. The number of amides is 3. The average Bonchev–Trinajstić information content (AvgIpc) is 3.18. The lowest BCUT2D eigenvalue weighted by Gasteiger charge is -2.44. The van der Waals surface area contributed by atoms with Crippen LogP contribution in [0.4, 0.5) is 0 Å². The second-order valence-electron chi connectivity index (χ2n) is 9.16. The normalized spacial score (nSPS) is 29.4. The summed E-state index contributed by atoms with van der Waals surface area (Å²) >= 11 is 0. The first-order valence-corrected chi connectivity index (χ1v) is 12.3. The first-order chi connectivity index (χ1) is 16.5. The molecule has 9 nitrogen and oxygen atoms in total. The van der Waals surface area contributed by atoms with E-state index < -0.39 is 30.4 Å². The van der Waals surface area contributed by atoms with E-state index in [1.165, 1.54) is 0 Å². The molecule has 3 amide bonds. The highest BCUT2D eigenvalue weighted by molar-refractivity contribution is 5.98. The molecule has 1 aromatic rings. The summed E-state index contributed by atoms with van der Waals surface area (Å²) in [6.45, 7) is 2.14. The molecule has 0 aromatic heterocycles. The van der Waals surface area contributed by atoms with Gasteiger partial charge in [-0.1, -0.05) is 31.0 Å². The smallest absolute Gasteiger partial charge is 0.310 e. The van der Waals surface area contributed by atoms with Crippen LogP contribution in [0, 0.1) is 0 Å². The maximum absolute atomic E-state index is 13.7. The maximum Gasteiger partial charge on any atom is 0.310 e. The Labute approximate surface area is 199 Å². The van der Waals surface area contributed by atoms with Crippen molar-refractivity contribution < 1.29 is 28.7 Å². The van der Waals surface area contributed by atoms with Gasteiger partial charge in [0.15, 0.2) is 0 Å². The van der Waals surface area contributed by atoms with Gasteiger partial charge in [0.25, 0.3) is 5.91 Å². The minimum absolute atomic E-state index is 0.0380. The van der Waals surface area contributed by atoms with Crippen LogP contribution in [0.2, 0.25) is 0 Å². The number of ether oxygens (including phenoxy) is 2. The molecule has 9 heteroatoms. The number of carbonyl (C=O) groups is 4. The van der Waals surface area contributed by atoms with Crippen LogP contribution in [0.15, 0.2) is 30.3 Å². The standard InChI is InChI=1S/C25H33N3O6/c1-2-33-25-19(15-21(29)34-25)27-23(31)20-14-8-12-17-11-6-7-13-18(24(32)28(17)20)26-22(30)16-9-4-3-5-10-16/h3-5,9-10,17-20,25H,2,6-8,11-15H2,1H3,(H,26,30)(H,27,31)/t17-,18-,19?,20-,25?/m0/s1. The molecule has 184 valence electrons. The quantitative estimate of drug-likeness (QED) is 0.613. The predicted octanol–water partition coefficient (Wildman–Crippen LogP) is 1.90. The van der Waals surface area contributed by atoms with Crippen molar-refractivity contribution in [3.63, 3.8) is 0 Å². The van der Waals surface area contributed by atoms with Crippen LogP contribution in [0.5, 0.6) is 0 Å². The van der Waals surface area contributed by atoms with E-state index in [-0.39, 0.29) is 30.2 Å². The molecule has 3 aliphatic rings. The van der Waals surface area contributed by atoms with Gasteiger partial charge in [0.2, 0.25) is 18.1 Å². The van der Waals surface area contributed by atoms with Crippen LogP contribution >= 0.6 is 0 Å². The SMILES string of the molecule is CCOC1OC(=O)CC1NC(=O)[C@@H]1CCC[C@@H]2CCCC[C@H](NC(=O)c3ccccc3)C(=O)N21. The summed E-state index contributed by atoms with van der Waals surface area (Å²) in [5, 5.41) is 5.80. The molecular formula is C25H33N3O6. The number of rotatable bonds is 6. The number of hydrogen-bond acceptors (Lipinski definition) is 6. The van der Waals surface area contributed by atoms with Gasteiger partial charge in [0, 0.05) is 18.2 Å². The number of nitrogens with one attached hydrogen (secondary N) is 2. The Morgan fingerprint density at radius 2 is 1.76 bits per heavy atom. The third kappa shape index (κ3) is 5.41. The van der Waals surface area contributed by atoms with E-state index in [4.69, 9.17) is 9.47 Å². The van der Waals surface area contributed by atoms with Crippen molar-refractivity contribution in [2.45, 2.75) is 88.7 Å². The number of benzene rings is 1. The van der Waals surface area contributed by atoms with Crippen molar-refractivity contribution in [2.75, 3.05) is 6.61 Å². The number of nitrogens with zero attached hydrogens (tertiary/aromatic N) is 1. The minimum atomic E-state index is -0.818. The van der Waals surface area contributed by atoms with Gasteiger partial charge in [-0.3, -0.25) is 19.2 Å². The molecule has 0 saturated carbocycles. The van der Waals surface area contributed by atoms with Gasteiger partial charge in [-0.05, 0) is 51.2 Å². The van der Waals surface area contributed by atoms with Crippen LogP contribution < -0.4 is 10.6 Å². The second-order valence-corrected chi connectivity index (χ2v) is 9.16. The third-order valence-corrected chi connectivity index (χ3v) is 6.84. The van der Waals surface area contributed by atoms with E-state index in [2.05, 4.69) is 10.6 Å². The molecule has 3 heterocycles. The maximum atomic E-state index is 13.7. The van der Waals surface area contributed by atoms with E-state index >= 15 is 0 Å². The van der Waals surface area contributed by atoms with Gasteiger partial charge in [-0.15, -0.1) is 0 Å². The Balaban J connectivity index is 1.50. The van der Waals surface area contributed by atoms with Crippen molar-refractivity contribution in [1.82, 2.24) is 15.5 Å². The summed E-state index contributed by atoms with van der Waals surface area (Å²) in [5.41, 5.74) is 0.495. The van der Waals surface area contributed by atoms with Crippen LogP contribution in [0.25, 0.3) is 0 Å². The topological polar surface area (TPSA) is 114 Å². The Morgan fingerprint density at radius 3 is 2.53 bits per heavy atom. The molecule has 0 aliphatic carbocycles. The van der Waals surface area contributed by atoms with Gasteiger partial charge in [-0.2, -0.15) is 0 Å². The van der Waals surface area contributed by atoms with E-state index in [9.17, 15) is 19.2 Å². The van der Waals surface area contributed by atoms with Crippen LogP contribution in [0.3, 0.4) is 0 Å². The summed E-state index contributed by atoms with van der Waals surface area (Å²) < 4.78 is 10.6. The zero-order valence-electron chi connectivity index (χ0n) is 19.5. The first kappa shape index (κ1) is 24.2. The van der Waals surface area contributed by atoms with E-state index in [0.29, 0.717) is 25.0 Å². The Bertz CT molecular complexity index is 907. The molecule has 3 aliphatic heterocycles. The lowest BCUT2D eigenvalue weighted by atomic mass is 9.88. The van der Waals surface area contributed by atoms with Gasteiger partial charge in [-0.25, -0.2) is 0 Å². The summed E-state index contributed by atoms with van der Waals surface area (Å²) in [4.78, 5) is 53.3. The third-order valence-electron chi connectivity index (χ3n) is 6.84. The molecular weight excluding hydrogens is 438 g/mol. The lowest BCUT2D eigenvalue weighted by molar-refractivity contribution is -0.165. The summed E-state index contributed by atoms with van der Waals surface area (Å²) in [7, 11) is 0. The number of hydrogen-bond donors (Lipinski definition) is 2. The van der Waals surface area contributed by atoms with Gasteiger partial charge < -0.3 is 25.0 Å². The number of cyclic esters (lactones) is 1. The van der Waals surface area contributed by atoms with Crippen molar-refractivity contribution in [3.05, 3.63) is 35.9 Å². The zero-order chi connectivity index (χ0) is 24.1. The van der Waals surface area contributed by atoms with Gasteiger partial charge in [0.05, 0.1) is 6.42 Å². The average molecular weight is 472 g/mol. The molecule has 34 heavy (non-hydrogen) atoms. The monoisotopic (exact) mass is 471 g/mol.